The van der Waals surface area contributed by atoms with Gasteiger partial charge in [0.05, 0.1) is 27.7 Å². The quantitative estimate of drug-likeness (QED) is 0.0195. The second-order valence-electron chi connectivity index (χ2n) is 26.3. The van der Waals surface area contributed by atoms with Gasteiger partial charge in [-0.2, -0.15) is 0 Å². The normalized spacial score (nSPS) is 13.7. The van der Waals surface area contributed by atoms with Crippen LogP contribution < -0.4 is 4.89 Å². The zero-order valence-corrected chi connectivity index (χ0v) is 60.2. The number of esters is 2. The molecular weight excluding hydrogens is 1130 g/mol. The van der Waals surface area contributed by atoms with E-state index in [0.717, 1.165) is 103 Å². The first-order valence-electron chi connectivity index (χ1n) is 37.6. The number of rotatable bonds is 69. The molecule has 9 nitrogen and oxygen atoms in total. The molecule has 0 spiro atoms. The van der Waals surface area contributed by atoms with Crippen molar-refractivity contribution >= 4 is 19.8 Å². The van der Waals surface area contributed by atoms with E-state index in [2.05, 4.69) is 123 Å². The second-order valence-corrected chi connectivity index (χ2v) is 27.7. The first kappa shape index (κ1) is 86.7. The van der Waals surface area contributed by atoms with Gasteiger partial charge in [-0.15, -0.1) is 0 Å². The molecule has 0 saturated heterocycles. The van der Waals surface area contributed by atoms with Crippen molar-refractivity contribution in [2.75, 3.05) is 47.5 Å². The third-order valence-corrected chi connectivity index (χ3v) is 17.3. The molecule has 0 N–H and O–H groups in total. The summed E-state index contributed by atoms with van der Waals surface area (Å²) in [6, 6.07) is 0. The molecule has 2 atom stereocenters. The van der Waals surface area contributed by atoms with E-state index in [9.17, 15) is 19.0 Å². The number of phosphoric ester groups is 1. The van der Waals surface area contributed by atoms with E-state index in [-0.39, 0.29) is 32.0 Å². The fraction of sp³-hybridized carbons (Fsp3) is 0.750. The molecule has 0 amide bonds. The van der Waals surface area contributed by atoms with E-state index in [1.54, 1.807) is 0 Å². The summed E-state index contributed by atoms with van der Waals surface area (Å²) < 4.78 is 34.4. The third kappa shape index (κ3) is 73.7. The van der Waals surface area contributed by atoms with Crippen molar-refractivity contribution < 1.29 is 42.1 Å². The molecule has 520 valence electrons. The smallest absolute Gasteiger partial charge is 0.306 e. The molecule has 0 rings (SSSR count). The number of phosphoric acid groups is 1. The number of nitrogens with zero attached hydrogens (tertiary/aromatic N) is 1. The van der Waals surface area contributed by atoms with Crippen molar-refractivity contribution in [3.05, 3.63) is 109 Å². The highest BCUT2D eigenvalue weighted by atomic mass is 31.2. The van der Waals surface area contributed by atoms with Gasteiger partial charge in [0.2, 0.25) is 0 Å². The number of unbranched alkanes of at least 4 members (excludes halogenated alkanes) is 37. The van der Waals surface area contributed by atoms with E-state index in [4.69, 9.17) is 18.5 Å². The van der Waals surface area contributed by atoms with Crippen LogP contribution in [0.15, 0.2) is 109 Å². The Bertz CT molecular complexity index is 1890. The summed E-state index contributed by atoms with van der Waals surface area (Å²) in [4.78, 5) is 38.1. The molecule has 0 bridgehead atoms. The monoisotopic (exact) mass is 1280 g/mol. The second kappa shape index (κ2) is 70.0. The molecule has 0 aromatic rings. The minimum absolute atomic E-state index is 0.0335. The number of allylic oxidation sites excluding steroid dienone is 18. The Balaban J connectivity index is 3.95. The van der Waals surface area contributed by atoms with Crippen LogP contribution in [0.5, 0.6) is 0 Å². The van der Waals surface area contributed by atoms with E-state index >= 15 is 0 Å². The van der Waals surface area contributed by atoms with Gasteiger partial charge >= 0.3 is 11.9 Å². The first-order chi connectivity index (χ1) is 44.0. The van der Waals surface area contributed by atoms with Crippen LogP contribution in [-0.2, 0) is 32.7 Å². The summed E-state index contributed by atoms with van der Waals surface area (Å²) >= 11 is 0. The number of carbonyl (C=O) groups is 2. The van der Waals surface area contributed by atoms with E-state index in [1.807, 2.05) is 21.1 Å². The average molecular weight is 1280 g/mol. The number of likely N-dealkylation sites (N-methyl/N-ethyl adjacent to an activating group) is 1. The molecular formula is C80H142NO8P. The largest absolute Gasteiger partial charge is 0.756 e. The van der Waals surface area contributed by atoms with Crippen molar-refractivity contribution in [3.63, 3.8) is 0 Å². The highest BCUT2D eigenvalue weighted by Crippen LogP contribution is 2.38. The molecule has 2 unspecified atom stereocenters. The van der Waals surface area contributed by atoms with Crippen molar-refractivity contribution in [1.29, 1.82) is 0 Å². The van der Waals surface area contributed by atoms with Gasteiger partial charge in [0.1, 0.15) is 19.8 Å². The Morgan fingerprint density at radius 1 is 0.344 bits per heavy atom. The van der Waals surface area contributed by atoms with Gasteiger partial charge in [-0.1, -0.05) is 335 Å². The maximum Gasteiger partial charge on any atom is 0.306 e. The Hall–Kier alpha value is -3.33. The van der Waals surface area contributed by atoms with Crippen LogP contribution in [0.2, 0.25) is 0 Å². The topological polar surface area (TPSA) is 111 Å². The van der Waals surface area contributed by atoms with Crippen molar-refractivity contribution in [3.8, 4) is 0 Å². The molecule has 0 fully saturated rings. The lowest BCUT2D eigenvalue weighted by molar-refractivity contribution is -0.870. The zero-order chi connectivity index (χ0) is 65.5. The zero-order valence-electron chi connectivity index (χ0n) is 59.3. The maximum absolute atomic E-state index is 12.9. The molecule has 0 aliphatic carbocycles. The molecule has 0 aromatic heterocycles. The SMILES string of the molecule is CC/C=C\C/C=C\C/C=C\C/C=C\C/C=C\CCCCCCCCCCCCCC(=O)OC(COC(=O)CCCCCCCCCCCCCCCCCCCCCCCCCCCC/C=C\C/C=C\C/C=C\C/C=C\CC)COP(=O)([O-])OCC[N+](C)(C)C. The lowest BCUT2D eigenvalue weighted by Crippen LogP contribution is -2.37. The summed E-state index contributed by atoms with van der Waals surface area (Å²) in [7, 11) is 1.17. The van der Waals surface area contributed by atoms with Crippen LogP contribution in [0.1, 0.15) is 335 Å². The van der Waals surface area contributed by atoms with Gasteiger partial charge < -0.3 is 27.9 Å². The first-order valence-corrected chi connectivity index (χ1v) is 39.1. The lowest BCUT2D eigenvalue weighted by Gasteiger charge is -2.28. The molecule has 0 aliphatic rings. The minimum Gasteiger partial charge on any atom is -0.756 e. The van der Waals surface area contributed by atoms with Crippen molar-refractivity contribution in [2.24, 2.45) is 0 Å². The predicted molar refractivity (Wildman–Crippen MR) is 388 cm³/mol. The third-order valence-electron chi connectivity index (χ3n) is 16.3. The van der Waals surface area contributed by atoms with Crippen molar-refractivity contribution in [1.82, 2.24) is 0 Å². The van der Waals surface area contributed by atoms with Crippen LogP contribution >= 0.6 is 7.82 Å². The van der Waals surface area contributed by atoms with E-state index < -0.39 is 26.5 Å². The van der Waals surface area contributed by atoms with E-state index in [1.165, 1.54) is 199 Å². The van der Waals surface area contributed by atoms with Gasteiger partial charge in [0.15, 0.2) is 6.10 Å². The molecule has 0 radical (unpaired) electrons. The number of hydrogen-bond acceptors (Lipinski definition) is 8. The van der Waals surface area contributed by atoms with Crippen LogP contribution in [0.3, 0.4) is 0 Å². The summed E-state index contributed by atoms with van der Waals surface area (Å²) in [5.74, 6) is -0.826. The molecule has 0 heterocycles. The number of hydrogen-bond donors (Lipinski definition) is 0. The molecule has 10 heteroatoms. The number of ether oxygens (including phenoxy) is 2. The predicted octanol–water partition coefficient (Wildman–Crippen LogP) is 24.2. The van der Waals surface area contributed by atoms with Gasteiger partial charge in [-0.25, -0.2) is 0 Å². The van der Waals surface area contributed by atoms with Gasteiger partial charge in [0, 0.05) is 12.8 Å². The minimum atomic E-state index is -4.65. The summed E-state index contributed by atoms with van der Waals surface area (Å²) in [5.41, 5.74) is 0. The fourth-order valence-electron chi connectivity index (χ4n) is 10.6. The molecule has 0 aliphatic heterocycles. The van der Waals surface area contributed by atoms with Gasteiger partial charge in [0.25, 0.3) is 7.82 Å². The van der Waals surface area contributed by atoms with E-state index in [0.29, 0.717) is 17.4 Å². The molecule has 0 saturated carbocycles. The highest BCUT2D eigenvalue weighted by Gasteiger charge is 2.22. The van der Waals surface area contributed by atoms with Crippen LogP contribution in [-0.4, -0.2) is 70.0 Å². The maximum atomic E-state index is 12.9. The van der Waals surface area contributed by atoms with Gasteiger partial charge in [-0.3, -0.25) is 14.2 Å². The summed E-state index contributed by atoms with van der Waals surface area (Å²) in [6.07, 6.45) is 99.1. The van der Waals surface area contributed by atoms with Gasteiger partial charge in [-0.05, 0) is 96.3 Å². The highest BCUT2D eigenvalue weighted by molar-refractivity contribution is 7.45. The number of carbonyl (C=O) groups excluding carboxylic acids is 2. The van der Waals surface area contributed by atoms with Crippen LogP contribution in [0.25, 0.3) is 0 Å². The Morgan fingerprint density at radius 3 is 0.889 bits per heavy atom. The van der Waals surface area contributed by atoms with Crippen LogP contribution in [0, 0.1) is 0 Å². The Labute approximate surface area is 556 Å². The lowest BCUT2D eigenvalue weighted by atomic mass is 10.0. The Kier molecular flexibility index (Phi) is 67.4. The molecule has 90 heavy (non-hydrogen) atoms. The standard InChI is InChI=1S/C80H142NO8P/c1-6-8-10-12-14-16-18-20-22-24-26-28-30-32-34-35-36-37-38-39-40-41-42-43-44-45-47-48-50-52-54-56-58-60-62-64-66-68-70-72-79(82)86-76-78(77-88-90(84,85)87-75-74-81(3,4)5)89-80(83)73-71-69-67-65-63-61-59-57-55-53-51-49-46-33-31-29-27-25-23-21-19-17-15-13-11-9-7-2/h8-11,14-17,20-23,26-29,33,46,78H,6-7,12-13,18-19,24-25,30-32,34-45,47-77H2,1-5H3/b10-8-,11-9-,16-14-,17-15-,22-20-,23-21-,28-26-,29-27-,46-33-. The van der Waals surface area contributed by atoms with Crippen LogP contribution in [0.4, 0.5) is 0 Å². The Morgan fingerprint density at radius 2 is 0.600 bits per heavy atom. The summed E-state index contributed by atoms with van der Waals surface area (Å²) in [5, 5.41) is 0. The average Bonchev–Trinajstić information content (AvgIpc) is 3.61. The fourth-order valence-corrected chi connectivity index (χ4v) is 11.3. The number of quaternary nitrogens is 1. The van der Waals surface area contributed by atoms with Crippen molar-refractivity contribution in [2.45, 2.75) is 341 Å². The molecule has 0 aromatic carbocycles. The summed E-state index contributed by atoms with van der Waals surface area (Å²) in [6.45, 7) is 4.05.